The van der Waals surface area contributed by atoms with Gasteiger partial charge in [0.2, 0.25) is 10.0 Å². The first-order valence-electron chi connectivity index (χ1n) is 5.48. The molecule has 0 spiro atoms. The summed E-state index contributed by atoms with van der Waals surface area (Å²) in [6.45, 7) is 0.196. The second-order valence-electron chi connectivity index (χ2n) is 3.84. The van der Waals surface area contributed by atoms with Crippen LogP contribution >= 0.6 is 11.6 Å². The van der Waals surface area contributed by atoms with Crippen LogP contribution in [0.25, 0.3) is 0 Å². The van der Waals surface area contributed by atoms with Crippen LogP contribution in [-0.2, 0) is 16.6 Å². The summed E-state index contributed by atoms with van der Waals surface area (Å²) >= 11 is 5.83. The van der Waals surface area contributed by atoms with Crippen molar-refractivity contribution in [3.8, 4) is 5.75 Å². The molecule has 1 heterocycles. The third kappa shape index (κ3) is 3.28. The number of H-pyrrole nitrogens is 1. The maximum atomic E-state index is 12.2. The molecule has 0 unspecified atom stereocenters. The summed E-state index contributed by atoms with van der Waals surface area (Å²) < 4.78 is 31.9. The Hall–Kier alpha value is -1.50. The van der Waals surface area contributed by atoms with Gasteiger partial charge in [-0.3, -0.25) is 0 Å². The van der Waals surface area contributed by atoms with Gasteiger partial charge in [0.25, 0.3) is 0 Å². The number of aromatic nitrogens is 1. The van der Waals surface area contributed by atoms with Crippen molar-refractivity contribution < 1.29 is 13.2 Å². The highest BCUT2D eigenvalue weighted by Crippen LogP contribution is 2.26. The maximum absolute atomic E-state index is 12.2. The molecule has 1 aromatic carbocycles. The largest absolute Gasteiger partial charge is 0.495 e. The van der Waals surface area contributed by atoms with Crippen LogP contribution in [0.1, 0.15) is 5.56 Å². The topological polar surface area (TPSA) is 71.2 Å². The fourth-order valence-electron chi connectivity index (χ4n) is 1.59. The number of halogens is 1. The zero-order valence-corrected chi connectivity index (χ0v) is 11.8. The minimum atomic E-state index is -3.67. The quantitative estimate of drug-likeness (QED) is 0.889. The van der Waals surface area contributed by atoms with Crippen molar-refractivity contribution >= 4 is 21.6 Å². The molecule has 0 fully saturated rings. The molecule has 2 aromatic rings. The Morgan fingerprint density at radius 3 is 2.79 bits per heavy atom. The summed E-state index contributed by atoms with van der Waals surface area (Å²) in [5.41, 5.74) is 0.838. The van der Waals surface area contributed by atoms with Crippen LogP contribution in [-0.4, -0.2) is 20.5 Å². The Morgan fingerprint density at radius 2 is 2.16 bits per heavy atom. The third-order valence-electron chi connectivity index (χ3n) is 2.54. The Kier molecular flexibility index (Phi) is 4.14. The van der Waals surface area contributed by atoms with E-state index in [9.17, 15) is 8.42 Å². The van der Waals surface area contributed by atoms with Crippen LogP contribution < -0.4 is 9.46 Å². The summed E-state index contributed by atoms with van der Waals surface area (Å²) in [6.07, 6.45) is 3.45. The molecule has 2 N–H and O–H groups in total. The van der Waals surface area contributed by atoms with Crippen LogP contribution in [0, 0.1) is 0 Å². The summed E-state index contributed by atoms with van der Waals surface area (Å²) in [5.74, 6) is 0.256. The van der Waals surface area contributed by atoms with Gasteiger partial charge in [0, 0.05) is 24.0 Å². The van der Waals surface area contributed by atoms with E-state index in [-0.39, 0.29) is 17.2 Å². The Bertz CT molecular complexity index is 654. The zero-order valence-electron chi connectivity index (χ0n) is 10.2. The number of hydrogen-bond acceptors (Lipinski definition) is 3. The first kappa shape index (κ1) is 13.9. The van der Waals surface area contributed by atoms with E-state index < -0.39 is 10.0 Å². The number of methoxy groups -OCH3 is 1. The molecule has 0 saturated heterocycles. The smallest absolute Gasteiger partial charge is 0.244 e. The molecule has 102 valence electrons. The van der Waals surface area contributed by atoms with E-state index in [0.717, 1.165) is 5.56 Å². The highest BCUT2D eigenvalue weighted by atomic mass is 35.5. The van der Waals surface area contributed by atoms with Gasteiger partial charge < -0.3 is 9.72 Å². The predicted octanol–water partition coefficient (Wildman–Crippen LogP) is 2.16. The van der Waals surface area contributed by atoms with Crippen LogP contribution in [0.5, 0.6) is 5.75 Å². The fraction of sp³-hybridized carbons (Fsp3) is 0.167. The Balaban J connectivity index is 2.26. The second-order valence-corrected chi connectivity index (χ2v) is 6.01. The molecule has 0 aliphatic rings. The first-order chi connectivity index (χ1) is 9.03. The molecular formula is C12H13ClN2O3S. The van der Waals surface area contributed by atoms with Crippen molar-refractivity contribution in [2.75, 3.05) is 7.11 Å². The van der Waals surface area contributed by atoms with E-state index >= 15 is 0 Å². The molecule has 0 saturated carbocycles. The molecule has 1 aromatic heterocycles. The van der Waals surface area contributed by atoms with E-state index in [2.05, 4.69) is 9.71 Å². The number of benzene rings is 1. The minimum Gasteiger partial charge on any atom is -0.495 e. The Morgan fingerprint density at radius 1 is 1.37 bits per heavy atom. The SMILES string of the molecule is COc1ccc(Cl)cc1S(=O)(=O)NCc1cc[nH]c1. The van der Waals surface area contributed by atoms with Gasteiger partial charge in [0.15, 0.2) is 0 Å². The van der Waals surface area contributed by atoms with Gasteiger partial charge in [0.05, 0.1) is 7.11 Å². The lowest BCUT2D eigenvalue weighted by molar-refractivity contribution is 0.402. The molecular weight excluding hydrogens is 288 g/mol. The highest BCUT2D eigenvalue weighted by Gasteiger charge is 2.19. The summed E-state index contributed by atoms with van der Waals surface area (Å²) in [6, 6.07) is 6.25. The molecule has 19 heavy (non-hydrogen) atoms. The average Bonchev–Trinajstić information content (AvgIpc) is 2.89. The van der Waals surface area contributed by atoms with Crippen molar-refractivity contribution in [1.29, 1.82) is 0 Å². The molecule has 0 atom stereocenters. The summed E-state index contributed by atoms with van der Waals surface area (Å²) in [7, 11) is -2.26. The van der Waals surface area contributed by atoms with Gasteiger partial charge in [0.1, 0.15) is 10.6 Å². The standard InChI is InChI=1S/C12H13ClN2O3S/c1-18-11-3-2-10(13)6-12(11)19(16,17)15-8-9-4-5-14-7-9/h2-7,14-15H,8H2,1H3. The average molecular weight is 301 g/mol. The fourth-order valence-corrected chi connectivity index (χ4v) is 3.03. The zero-order chi connectivity index (χ0) is 13.9. The van der Waals surface area contributed by atoms with Crippen LogP contribution in [0.15, 0.2) is 41.6 Å². The molecule has 7 heteroatoms. The molecule has 2 rings (SSSR count). The van der Waals surface area contributed by atoms with E-state index in [1.807, 2.05) is 0 Å². The van der Waals surface area contributed by atoms with Crippen molar-refractivity contribution in [2.24, 2.45) is 0 Å². The number of nitrogens with one attached hydrogen (secondary N) is 2. The maximum Gasteiger partial charge on any atom is 0.244 e. The lowest BCUT2D eigenvalue weighted by Crippen LogP contribution is -2.23. The molecule has 5 nitrogen and oxygen atoms in total. The number of aromatic amines is 1. The van der Waals surface area contributed by atoms with Gasteiger partial charge in [-0.25, -0.2) is 13.1 Å². The number of hydrogen-bond donors (Lipinski definition) is 2. The van der Waals surface area contributed by atoms with Crippen molar-refractivity contribution in [3.05, 3.63) is 47.2 Å². The van der Waals surface area contributed by atoms with E-state index in [1.165, 1.54) is 19.2 Å². The highest BCUT2D eigenvalue weighted by molar-refractivity contribution is 7.89. The van der Waals surface area contributed by atoms with Crippen LogP contribution in [0.4, 0.5) is 0 Å². The number of sulfonamides is 1. The van der Waals surface area contributed by atoms with Gasteiger partial charge in [-0.1, -0.05) is 11.6 Å². The van der Waals surface area contributed by atoms with Crippen molar-refractivity contribution in [2.45, 2.75) is 11.4 Å². The molecule has 0 bridgehead atoms. The van der Waals surface area contributed by atoms with Gasteiger partial charge in [-0.05, 0) is 29.8 Å². The van der Waals surface area contributed by atoms with Crippen LogP contribution in [0.2, 0.25) is 5.02 Å². The van der Waals surface area contributed by atoms with Crippen molar-refractivity contribution in [1.82, 2.24) is 9.71 Å². The third-order valence-corrected chi connectivity index (χ3v) is 4.20. The van der Waals surface area contributed by atoms with E-state index in [0.29, 0.717) is 5.02 Å². The minimum absolute atomic E-state index is 0.0260. The van der Waals surface area contributed by atoms with Crippen LogP contribution in [0.3, 0.4) is 0 Å². The summed E-state index contributed by atoms with van der Waals surface area (Å²) in [5, 5.41) is 0.336. The molecule has 0 amide bonds. The summed E-state index contributed by atoms with van der Waals surface area (Å²) in [4.78, 5) is 2.88. The van der Waals surface area contributed by atoms with E-state index in [4.69, 9.17) is 16.3 Å². The number of rotatable bonds is 5. The lowest BCUT2D eigenvalue weighted by atomic mass is 10.3. The number of ether oxygens (including phenoxy) is 1. The molecule has 0 radical (unpaired) electrons. The van der Waals surface area contributed by atoms with Crippen molar-refractivity contribution in [3.63, 3.8) is 0 Å². The van der Waals surface area contributed by atoms with E-state index in [1.54, 1.807) is 24.5 Å². The normalized spacial score (nSPS) is 11.5. The molecule has 0 aliphatic carbocycles. The Labute approximate surface area is 116 Å². The lowest BCUT2D eigenvalue weighted by Gasteiger charge is -2.10. The predicted molar refractivity (Wildman–Crippen MR) is 72.8 cm³/mol. The van der Waals surface area contributed by atoms with Gasteiger partial charge >= 0.3 is 0 Å². The first-order valence-corrected chi connectivity index (χ1v) is 7.34. The molecule has 0 aliphatic heterocycles. The second kappa shape index (κ2) is 5.64. The van der Waals surface area contributed by atoms with Gasteiger partial charge in [-0.15, -0.1) is 0 Å². The monoisotopic (exact) mass is 300 g/mol. The van der Waals surface area contributed by atoms with Gasteiger partial charge in [-0.2, -0.15) is 0 Å².